The summed E-state index contributed by atoms with van der Waals surface area (Å²) in [6, 6.07) is 21.7. The molecule has 0 bridgehead atoms. The number of piperidine rings is 1. The fourth-order valence-electron chi connectivity index (χ4n) is 5.33. The van der Waals surface area contributed by atoms with Crippen LogP contribution in [0, 0.1) is 11.3 Å². The molecule has 2 fully saturated rings. The van der Waals surface area contributed by atoms with Gasteiger partial charge in [-0.1, -0.05) is 30.7 Å². The first-order valence-electron chi connectivity index (χ1n) is 13.1. The number of hydrogen-bond acceptors (Lipinski definition) is 5. The van der Waals surface area contributed by atoms with Gasteiger partial charge in [-0.3, -0.25) is 4.79 Å². The van der Waals surface area contributed by atoms with Gasteiger partial charge in [-0.25, -0.2) is 0 Å². The summed E-state index contributed by atoms with van der Waals surface area (Å²) >= 11 is 0. The molecule has 0 aromatic heterocycles. The fraction of sp³-hybridized carbons (Fsp3) is 0.400. The third-order valence-corrected chi connectivity index (χ3v) is 7.35. The molecule has 0 N–H and O–H groups in total. The van der Waals surface area contributed by atoms with E-state index >= 15 is 0 Å². The van der Waals surface area contributed by atoms with Gasteiger partial charge in [0, 0.05) is 54.7 Å². The number of ether oxygens (including phenoxy) is 1. The van der Waals surface area contributed by atoms with Gasteiger partial charge in [-0.05, 0) is 68.8 Å². The maximum Gasteiger partial charge on any atom is 0.253 e. The van der Waals surface area contributed by atoms with Crippen molar-refractivity contribution in [1.29, 1.82) is 5.26 Å². The molecule has 186 valence electrons. The fourth-order valence-corrected chi connectivity index (χ4v) is 5.33. The molecule has 36 heavy (non-hydrogen) atoms. The molecule has 1 amide bonds. The second-order valence-corrected chi connectivity index (χ2v) is 9.70. The van der Waals surface area contributed by atoms with E-state index in [9.17, 15) is 4.79 Å². The Hall–Kier alpha value is -3.56. The Morgan fingerprint density at radius 1 is 0.833 bits per heavy atom. The number of likely N-dealkylation sites (tertiary alicyclic amines) is 1. The monoisotopic (exact) mass is 482 g/mol. The normalized spacial score (nSPS) is 16.6. The summed E-state index contributed by atoms with van der Waals surface area (Å²) in [6.45, 7) is 7.19. The minimum atomic E-state index is 0.0253. The SMILES string of the molecule is N#Cc1ccc(C(=O)N2CCN(c3ccc(OCCCN4CCCCC4)c4ccccc34)CC2)cc1. The van der Waals surface area contributed by atoms with Crippen molar-refractivity contribution in [1.82, 2.24) is 9.80 Å². The smallest absolute Gasteiger partial charge is 0.253 e. The summed E-state index contributed by atoms with van der Waals surface area (Å²) in [4.78, 5) is 19.8. The summed E-state index contributed by atoms with van der Waals surface area (Å²) in [6.07, 6.45) is 5.06. The lowest BCUT2D eigenvalue weighted by atomic mass is 10.1. The third-order valence-electron chi connectivity index (χ3n) is 7.35. The predicted molar refractivity (Wildman–Crippen MR) is 144 cm³/mol. The molecule has 0 radical (unpaired) electrons. The second kappa shape index (κ2) is 11.5. The first-order chi connectivity index (χ1) is 17.7. The van der Waals surface area contributed by atoms with Crippen LogP contribution in [-0.4, -0.2) is 68.1 Å². The Bertz CT molecular complexity index is 1220. The number of piperazine rings is 1. The predicted octanol–water partition coefficient (Wildman–Crippen LogP) is 4.93. The molecule has 2 aliphatic heterocycles. The molecular weight excluding hydrogens is 448 g/mol. The molecule has 6 nitrogen and oxygen atoms in total. The quantitative estimate of drug-likeness (QED) is 0.447. The molecule has 6 heteroatoms. The Morgan fingerprint density at radius 2 is 1.56 bits per heavy atom. The van der Waals surface area contributed by atoms with E-state index in [2.05, 4.69) is 52.3 Å². The average molecular weight is 483 g/mol. The maximum absolute atomic E-state index is 12.9. The minimum absolute atomic E-state index is 0.0253. The summed E-state index contributed by atoms with van der Waals surface area (Å²) < 4.78 is 6.25. The third kappa shape index (κ3) is 5.47. The summed E-state index contributed by atoms with van der Waals surface area (Å²) in [5.41, 5.74) is 2.39. The van der Waals surface area contributed by atoms with E-state index in [0.29, 0.717) is 24.2 Å². The number of carbonyl (C=O) groups excluding carboxylic acids is 1. The number of benzene rings is 3. The van der Waals surface area contributed by atoms with Crippen LogP contribution in [0.4, 0.5) is 5.69 Å². The van der Waals surface area contributed by atoms with Crippen LogP contribution in [0.2, 0.25) is 0 Å². The number of rotatable bonds is 7. The van der Waals surface area contributed by atoms with Gasteiger partial charge in [-0.15, -0.1) is 0 Å². The largest absolute Gasteiger partial charge is 0.493 e. The zero-order valence-corrected chi connectivity index (χ0v) is 20.9. The highest BCUT2D eigenvalue weighted by molar-refractivity contribution is 5.98. The summed E-state index contributed by atoms with van der Waals surface area (Å²) in [5, 5.41) is 11.3. The zero-order chi connectivity index (χ0) is 24.7. The van der Waals surface area contributed by atoms with Crippen molar-refractivity contribution < 1.29 is 9.53 Å². The van der Waals surface area contributed by atoms with Crippen LogP contribution in [0.5, 0.6) is 5.75 Å². The number of carbonyl (C=O) groups is 1. The van der Waals surface area contributed by atoms with E-state index < -0.39 is 0 Å². The second-order valence-electron chi connectivity index (χ2n) is 9.70. The van der Waals surface area contributed by atoms with Gasteiger partial charge < -0.3 is 19.4 Å². The molecule has 2 heterocycles. The number of hydrogen-bond donors (Lipinski definition) is 0. The minimum Gasteiger partial charge on any atom is -0.493 e. The molecule has 0 aliphatic carbocycles. The van der Waals surface area contributed by atoms with Gasteiger partial charge in [0.15, 0.2) is 0 Å². The number of nitrogens with zero attached hydrogens (tertiary/aromatic N) is 4. The Balaban J connectivity index is 1.21. The lowest BCUT2D eigenvalue weighted by Gasteiger charge is -2.36. The highest BCUT2D eigenvalue weighted by Gasteiger charge is 2.23. The number of anilines is 1. The first kappa shape index (κ1) is 24.1. The topological polar surface area (TPSA) is 59.8 Å². The van der Waals surface area contributed by atoms with Gasteiger partial charge in [0.2, 0.25) is 0 Å². The van der Waals surface area contributed by atoms with E-state index in [0.717, 1.165) is 43.8 Å². The first-order valence-corrected chi connectivity index (χ1v) is 13.1. The Labute approximate surface area is 213 Å². The van der Waals surface area contributed by atoms with E-state index in [4.69, 9.17) is 10.00 Å². The van der Waals surface area contributed by atoms with Gasteiger partial charge in [0.05, 0.1) is 18.2 Å². The van der Waals surface area contributed by atoms with Crippen LogP contribution < -0.4 is 9.64 Å². The molecule has 0 unspecified atom stereocenters. The molecule has 5 rings (SSSR count). The number of amides is 1. The number of nitriles is 1. The van der Waals surface area contributed by atoms with E-state index in [1.54, 1.807) is 24.3 Å². The van der Waals surface area contributed by atoms with Crippen LogP contribution >= 0.6 is 0 Å². The Kier molecular flexibility index (Phi) is 7.68. The van der Waals surface area contributed by atoms with Crippen LogP contribution in [0.15, 0.2) is 60.7 Å². The van der Waals surface area contributed by atoms with Crippen LogP contribution in [0.1, 0.15) is 41.6 Å². The molecule has 2 saturated heterocycles. The van der Waals surface area contributed by atoms with Crippen molar-refractivity contribution in [3.05, 3.63) is 71.8 Å². The van der Waals surface area contributed by atoms with Crippen molar-refractivity contribution in [2.45, 2.75) is 25.7 Å². The van der Waals surface area contributed by atoms with Crippen molar-refractivity contribution >= 4 is 22.4 Å². The molecular formula is C30H34N4O2. The van der Waals surface area contributed by atoms with E-state index in [1.165, 1.54) is 43.4 Å². The van der Waals surface area contributed by atoms with E-state index in [-0.39, 0.29) is 5.91 Å². The van der Waals surface area contributed by atoms with Crippen molar-refractivity contribution in [3.63, 3.8) is 0 Å². The highest BCUT2D eigenvalue weighted by Crippen LogP contribution is 2.34. The summed E-state index contributed by atoms with van der Waals surface area (Å²) in [5.74, 6) is 0.972. The van der Waals surface area contributed by atoms with Gasteiger partial charge in [0.1, 0.15) is 5.75 Å². The van der Waals surface area contributed by atoms with Crippen molar-refractivity contribution in [2.24, 2.45) is 0 Å². The molecule has 2 aliphatic rings. The molecule has 3 aromatic rings. The zero-order valence-electron chi connectivity index (χ0n) is 20.9. The molecule has 3 aromatic carbocycles. The molecule has 0 spiro atoms. The van der Waals surface area contributed by atoms with Crippen LogP contribution in [0.25, 0.3) is 10.8 Å². The lowest BCUT2D eigenvalue weighted by molar-refractivity contribution is 0.0747. The molecule has 0 atom stereocenters. The van der Waals surface area contributed by atoms with Crippen LogP contribution in [0.3, 0.4) is 0 Å². The Morgan fingerprint density at radius 3 is 2.28 bits per heavy atom. The highest BCUT2D eigenvalue weighted by atomic mass is 16.5. The van der Waals surface area contributed by atoms with E-state index in [1.807, 2.05) is 4.90 Å². The summed E-state index contributed by atoms with van der Waals surface area (Å²) in [7, 11) is 0. The van der Waals surface area contributed by atoms with Gasteiger partial charge in [0.25, 0.3) is 5.91 Å². The standard InChI is InChI=1S/C30H34N4O2/c31-23-24-9-11-25(12-10-24)30(35)34-20-18-33(19-21-34)28-13-14-29(27-8-3-2-7-26(27)28)36-22-6-17-32-15-4-1-5-16-32/h2-3,7-14H,1,4-6,15-22H2. The number of fused-ring (bicyclic) bond motifs is 1. The lowest BCUT2D eigenvalue weighted by Crippen LogP contribution is -2.48. The van der Waals surface area contributed by atoms with Crippen molar-refractivity contribution in [2.75, 3.05) is 57.3 Å². The molecule has 0 saturated carbocycles. The van der Waals surface area contributed by atoms with Crippen LogP contribution in [-0.2, 0) is 0 Å². The van der Waals surface area contributed by atoms with Gasteiger partial charge in [-0.2, -0.15) is 5.26 Å². The van der Waals surface area contributed by atoms with Crippen molar-refractivity contribution in [3.8, 4) is 11.8 Å². The maximum atomic E-state index is 12.9. The van der Waals surface area contributed by atoms with Gasteiger partial charge >= 0.3 is 0 Å². The average Bonchev–Trinajstić information content (AvgIpc) is 2.95.